The number of rotatable bonds is 6. The van der Waals surface area contributed by atoms with Gasteiger partial charge in [-0.05, 0) is 0 Å². The van der Waals surface area contributed by atoms with Crippen LogP contribution in [-0.4, -0.2) is 39.3 Å². The molecule has 144 valence electrons. The van der Waals surface area contributed by atoms with Crippen LogP contribution in [0.4, 0.5) is 4.39 Å². The van der Waals surface area contributed by atoms with Crippen LogP contribution in [0.5, 0.6) is 0 Å². The molecule has 26 heavy (non-hydrogen) atoms. The molecule has 0 aliphatic heterocycles. The van der Waals surface area contributed by atoms with Gasteiger partial charge in [-0.2, -0.15) is 0 Å². The Bertz CT molecular complexity index is 768. The molecule has 0 bridgehead atoms. The van der Waals surface area contributed by atoms with Crippen molar-refractivity contribution >= 4 is 35.1 Å². The Labute approximate surface area is 169 Å². The van der Waals surface area contributed by atoms with E-state index in [-0.39, 0.29) is 13.0 Å². The minimum atomic E-state index is -2.31. The number of carbonyl (C=O) groups excluding carboxylic acids is 1. The molecule has 5 atom stereocenters. The number of methoxy groups -OCH3 is 1. The second kappa shape index (κ2) is 7.05. The predicted octanol–water partition coefficient (Wildman–Crippen LogP) is -0.804. The first kappa shape index (κ1) is 20.1. The predicted molar refractivity (Wildman–Crippen MR) is 87.0 cm³/mol. The first-order chi connectivity index (χ1) is 12.2. The van der Waals surface area contributed by atoms with Gasteiger partial charge in [0, 0.05) is 0 Å². The fourth-order valence-electron chi connectivity index (χ4n) is 3.64. The van der Waals surface area contributed by atoms with Crippen molar-refractivity contribution in [2.24, 2.45) is 17.6 Å². The van der Waals surface area contributed by atoms with E-state index in [1.54, 1.807) is 18.2 Å². The second-order valence-corrected chi connectivity index (χ2v) is 9.83. The molecule has 0 heterocycles. The summed E-state index contributed by atoms with van der Waals surface area (Å²) in [5, 5.41) is 10.4. The Morgan fingerprint density at radius 2 is 2.12 bits per heavy atom. The molecular formula is C16H16Cl2FINO5-. The van der Waals surface area contributed by atoms with Crippen molar-refractivity contribution in [2.75, 3.05) is 7.11 Å². The van der Waals surface area contributed by atoms with Crippen LogP contribution < -0.4 is 27.4 Å². The maximum absolute atomic E-state index is 14.8. The molecule has 2 fully saturated rings. The van der Waals surface area contributed by atoms with Crippen LogP contribution in [0.2, 0.25) is 10.0 Å². The molecule has 3 rings (SSSR count). The number of carboxylic acids is 1. The first-order valence-electron chi connectivity index (χ1n) is 7.66. The zero-order valence-corrected chi connectivity index (χ0v) is 17.2. The summed E-state index contributed by atoms with van der Waals surface area (Å²) in [6, 6.07) is 5.06. The summed E-state index contributed by atoms with van der Waals surface area (Å²) in [5.41, 5.74) is 2.72. The van der Waals surface area contributed by atoms with Crippen LogP contribution in [0.15, 0.2) is 18.2 Å². The van der Waals surface area contributed by atoms with E-state index in [1.807, 2.05) is 0 Å². The number of hydrogen-bond donors (Lipinski definition) is 2. The van der Waals surface area contributed by atoms with Crippen molar-refractivity contribution in [3.05, 3.63) is 33.8 Å². The minimum absolute atomic E-state index is 0.188. The number of hydrogen-bond acceptors (Lipinski definition) is 5. The van der Waals surface area contributed by atoms with Crippen LogP contribution in [-0.2, 0) is 24.0 Å². The Hall–Kier alpha value is -0.680. The molecule has 1 unspecified atom stereocenters. The maximum atomic E-state index is 14.8. The van der Waals surface area contributed by atoms with Gasteiger partial charge in [0.05, 0.1) is 0 Å². The third kappa shape index (κ3) is 2.99. The number of aliphatic carboxylic acids is 1. The van der Waals surface area contributed by atoms with Gasteiger partial charge < -0.3 is 0 Å². The van der Waals surface area contributed by atoms with Crippen molar-refractivity contribution in [3.8, 4) is 0 Å². The van der Waals surface area contributed by atoms with Gasteiger partial charge in [-0.3, -0.25) is 0 Å². The fourth-order valence-corrected chi connectivity index (χ4v) is 6.76. The number of ether oxygens (including phenoxy) is 1. The SMILES string of the molecule is COC(=O)[C@]1(F)C2[C@@H]1C[C@H]([I-]OCc1ccc(Cl)c(Cl)c1)[C@@]2(N)C(=O)O. The average Bonchev–Trinajstić information content (AvgIpc) is 3.07. The third-order valence-electron chi connectivity index (χ3n) is 5.02. The number of esters is 1. The van der Waals surface area contributed by atoms with E-state index in [9.17, 15) is 19.1 Å². The Morgan fingerprint density at radius 3 is 2.69 bits per heavy atom. The monoisotopic (exact) mass is 518 g/mol. The molecule has 6 nitrogen and oxygen atoms in total. The first-order valence-corrected chi connectivity index (χ1v) is 10.5. The molecule has 3 N–H and O–H groups in total. The average molecular weight is 519 g/mol. The molecule has 10 heteroatoms. The Balaban J connectivity index is 1.67. The standard InChI is InChI=1S/C16H16Cl2FINO5/c1-25-14(24)15(19)8-5-11(16(21,12(8)15)13(22)23)20-26-6-7-2-3-9(17)10(18)4-7/h2-4,8,11-12H,5-6,21H2,1H3,(H,22,23)/q-1/t8-,11-,12?,15+,16-/m0/s1. The van der Waals surface area contributed by atoms with Crippen molar-refractivity contribution in [1.82, 2.24) is 0 Å². The molecule has 0 amide bonds. The topological polar surface area (TPSA) is 98.9 Å². The van der Waals surface area contributed by atoms with E-state index < -0.39 is 60.5 Å². The number of benzene rings is 1. The normalized spacial score (nSPS) is 35.2. The van der Waals surface area contributed by atoms with Gasteiger partial charge in [0.1, 0.15) is 0 Å². The second-order valence-electron chi connectivity index (χ2n) is 6.38. The molecule has 2 saturated carbocycles. The van der Waals surface area contributed by atoms with Crippen LogP contribution in [0, 0.1) is 11.8 Å². The number of halogens is 4. The van der Waals surface area contributed by atoms with Crippen LogP contribution in [0.25, 0.3) is 0 Å². The Morgan fingerprint density at radius 1 is 1.42 bits per heavy atom. The molecule has 2 aliphatic rings. The molecule has 0 aromatic heterocycles. The van der Waals surface area contributed by atoms with E-state index in [0.29, 0.717) is 10.0 Å². The molecule has 1 aromatic carbocycles. The van der Waals surface area contributed by atoms with E-state index in [0.717, 1.165) is 12.7 Å². The third-order valence-corrected chi connectivity index (χ3v) is 8.59. The number of fused-ring (bicyclic) bond motifs is 1. The molecule has 0 saturated heterocycles. The fraction of sp³-hybridized carbons (Fsp3) is 0.500. The number of carboxylic acid groups (broad SMARTS) is 1. The number of carbonyl (C=O) groups is 2. The summed E-state index contributed by atoms with van der Waals surface area (Å²) in [6.45, 7) is 0.226. The molecule has 2 aliphatic carbocycles. The molecule has 0 radical (unpaired) electrons. The summed E-state index contributed by atoms with van der Waals surface area (Å²) in [7, 11) is 1.07. The van der Waals surface area contributed by atoms with Gasteiger partial charge in [0.25, 0.3) is 0 Å². The van der Waals surface area contributed by atoms with Gasteiger partial charge in [-0.1, -0.05) is 0 Å². The van der Waals surface area contributed by atoms with Gasteiger partial charge in [0.2, 0.25) is 0 Å². The van der Waals surface area contributed by atoms with E-state index >= 15 is 0 Å². The van der Waals surface area contributed by atoms with Gasteiger partial charge >= 0.3 is 170 Å². The van der Waals surface area contributed by atoms with E-state index in [2.05, 4.69) is 4.74 Å². The van der Waals surface area contributed by atoms with Gasteiger partial charge in [-0.15, -0.1) is 0 Å². The van der Waals surface area contributed by atoms with Crippen molar-refractivity contribution in [1.29, 1.82) is 0 Å². The van der Waals surface area contributed by atoms with E-state index in [4.69, 9.17) is 32.0 Å². The molecule has 1 aromatic rings. The number of nitrogens with two attached hydrogens (primary N) is 1. The Kier molecular flexibility index (Phi) is 5.44. The van der Waals surface area contributed by atoms with Crippen molar-refractivity contribution in [2.45, 2.75) is 28.2 Å². The summed E-state index contributed by atoms with van der Waals surface area (Å²) in [6.07, 6.45) is 0.188. The quantitative estimate of drug-likeness (QED) is 0.290. The van der Waals surface area contributed by atoms with Gasteiger partial charge in [-0.25, -0.2) is 0 Å². The van der Waals surface area contributed by atoms with Crippen LogP contribution in [0.3, 0.4) is 0 Å². The summed E-state index contributed by atoms with van der Waals surface area (Å²) >= 11 is 10.7. The van der Waals surface area contributed by atoms with Crippen LogP contribution >= 0.6 is 23.2 Å². The van der Waals surface area contributed by atoms with E-state index in [1.165, 1.54) is 0 Å². The molecule has 0 spiro atoms. The zero-order valence-electron chi connectivity index (χ0n) is 13.5. The summed E-state index contributed by atoms with van der Waals surface area (Å²) < 4.78 is 24.5. The summed E-state index contributed by atoms with van der Waals surface area (Å²) in [5.74, 6) is -4.21. The van der Waals surface area contributed by atoms with Gasteiger partial charge in [0.15, 0.2) is 0 Å². The van der Waals surface area contributed by atoms with Crippen LogP contribution in [0.1, 0.15) is 12.0 Å². The zero-order chi connectivity index (χ0) is 19.3. The molecular weight excluding hydrogens is 503 g/mol. The summed E-state index contributed by atoms with van der Waals surface area (Å²) in [4.78, 5) is 23.5. The number of alkyl halides is 2. The van der Waals surface area contributed by atoms with Crippen molar-refractivity contribution in [3.63, 3.8) is 0 Å². The van der Waals surface area contributed by atoms with Crippen molar-refractivity contribution < 1.29 is 48.5 Å².